The van der Waals surface area contributed by atoms with E-state index in [0.29, 0.717) is 18.9 Å². The summed E-state index contributed by atoms with van der Waals surface area (Å²) < 4.78 is 5.39. The third kappa shape index (κ3) is 3.97. The molecule has 1 aromatic heterocycles. The smallest absolute Gasteiger partial charge is 0.162 e. The first-order valence-electron chi connectivity index (χ1n) is 14.1. The average Bonchev–Trinajstić information content (AvgIpc) is 2.88. The van der Waals surface area contributed by atoms with Crippen LogP contribution in [-0.2, 0) is 16.8 Å². The molecule has 3 aliphatic rings. The minimum absolute atomic E-state index is 0.104. The molecule has 0 spiro atoms. The van der Waals surface area contributed by atoms with Gasteiger partial charge in [0, 0.05) is 36.0 Å². The Morgan fingerprint density at radius 3 is 2.50 bits per heavy atom. The number of rotatable bonds is 6. The molecule has 6 rings (SSSR count). The van der Waals surface area contributed by atoms with Crippen molar-refractivity contribution < 1.29 is 9.53 Å². The van der Waals surface area contributed by atoms with Crippen LogP contribution in [0.25, 0.3) is 0 Å². The molecule has 38 heavy (non-hydrogen) atoms. The molecule has 1 aliphatic heterocycles. The van der Waals surface area contributed by atoms with E-state index < -0.39 is 5.41 Å². The number of aromatic nitrogens is 1. The molecule has 2 heterocycles. The van der Waals surface area contributed by atoms with Gasteiger partial charge in [0.2, 0.25) is 0 Å². The molecule has 0 saturated heterocycles. The zero-order chi connectivity index (χ0) is 26.5. The highest BCUT2D eigenvalue weighted by molar-refractivity contribution is 6.03. The molecule has 1 saturated carbocycles. The third-order valence-electron chi connectivity index (χ3n) is 9.09. The summed E-state index contributed by atoms with van der Waals surface area (Å²) in [6.07, 6.45) is 7.97. The Morgan fingerprint density at radius 2 is 1.82 bits per heavy atom. The number of Topliss-reactive ketones (excluding diaryl/α,β-unsaturated/α-hetero) is 1. The van der Waals surface area contributed by atoms with E-state index in [1.54, 1.807) is 7.11 Å². The Morgan fingerprint density at radius 1 is 1.03 bits per heavy atom. The molecule has 4 heteroatoms. The monoisotopic (exact) mass is 506 g/mol. The van der Waals surface area contributed by atoms with Gasteiger partial charge in [-0.2, -0.15) is 0 Å². The van der Waals surface area contributed by atoms with Gasteiger partial charge in [0.1, 0.15) is 11.6 Å². The minimum Gasteiger partial charge on any atom is -0.497 e. The molecular weight excluding hydrogens is 468 g/mol. The first-order valence-corrected chi connectivity index (χ1v) is 14.1. The van der Waals surface area contributed by atoms with E-state index in [4.69, 9.17) is 9.72 Å². The largest absolute Gasteiger partial charge is 0.497 e. The lowest BCUT2D eigenvalue weighted by Gasteiger charge is -2.50. The molecule has 0 bridgehead atoms. The van der Waals surface area contributed by atoms with Crippen molar-refractivity contribution in [1.82, 2.24) is 4.98 Å². The number of ketones is 1. The minimum atomic E-state index is -0.497. The van der Waals surface area contributed by atoms with Crippen molar-refractivity contribution in [1.29, 1.82) is 0 Å². The van der Waals surface area contributed by atoms with Gasteiger partial charge < -0.3 is 9.64 Å². The number of anilines is 1. The Hall–Kier alpha value is -3.40. The molecule has 1 fully saturated rings. The normalized spacial score (nSPS) is 22.5. The molecule has 0 radical (unpaired) electrons. The number of ether oxygens (including phenoxy) is 1. The second-order valence-corrected chi connectivity index (χ2v) is 12.1. The van der Waals surface area contributed by atoms with Gasteiger partial charge in [-0.1, -0.05) is 69.7 Å². The van der Waals surface area contributed by atoms with Crippen LogP contribution in [0, 0.1) is 5.41 Å². The van der Waals surface area contributed by atoms with Crippen LogP contribution < -0.4 is 9.64 Å². The topological polar surface area (TPSA) is 42.4 Å². The Labute approximate surface area is 226 Å². The predicted molar refractivity (Wildman–Crippen MR) is 153 cm³/mol. The van der Waals surface area contributed by atoms with Crippen molar-refractivity contribution in [2.75, 3.05) is 12.0 Å². The van der Waals surface area contributed by atoms with E-state index in [0.717, 1.165) is 41.2 Å². The number of carbonyl (C=O) groups excluding carboxylic acids is 1. The maximum atomic E-state index is 14.2. The molecule has 196 valence electrons. The van der Waals surface area contributed by atoms with Gasteiger partial charge >= 0.3 is 0 Å². The summed E-state index contributed by atoms with van der Waals surface area (Å²) in [4.78, 5) is 21.6. The quantitative estimate of drug-likeness (QED) is 0.343. The molecule has 4 nitrogen and oxygen atoms in total. The van der Waals surface area contributed by atoms with Crippen LogP contribution in [0.15, 0.2) is 78.1 Å². The fraction of sp³-hybridized carbons (Fsp3) is 0.412. The van der Waals surface area contributed by atoms with Crippen LogP contribution >= 0.6 is 0 Å². The van der Waals surface area contributed by atoms with Crippen LogP contribution in [0.2, 0.25) is 0 Å². The van der Waals surface area contributed by atoms with Crippen molar-refractivity contribution in [3.63, 3.8) is 0 Å². The number of carbonyl (C=O) groups is 1. The van der Waals surface area contributed by atoms with Gasteiger partial charge in [-0.05, 0) is 71.9 Å². The number of fused-ring (bicyclic) bond motifs is 1. The number of pyridine rings is 1. The maximum absolute atomic E-state index is 14.2. The molecule has 2 aromatic carbocycles. The van der Waals surface area contributed by atoms with Gasteiger partial charge in [-0.25, -0.2) is 4.98 Å². The van der Waals surface area contributed by atoms with Crippen molar-refractivity contribution in [3.05, 3.63) is 100 Å². The second-order valence-electron chi connectivity index (χ2n) is 12.1. The van der Waals surface area contributed by atoms with Crippen LogP contribution in [0.1, 0.15) is 87.5 Å². The summed E-state index contributed by atoms with van der Waals surface area (Å²) in [6.45, 7) is 7.35. The average molecular weight is 507 g/mol. The van der Waals surface area contributed by atoms with E-state index in [1.807, 2.05) is 24.4 Å². The van der Waals surface area contributed by atoms with E-state index in [9.17, 15) is 4.79 Å². The molecule has 0 amide bonds. The summed E-state index contributed by atoms with van der Waals surface area (Å²) in [5.41, 5.74) is 6.50. The van der Waals surface area contributed by atoms with E-state index in [2.05, 4.69) is 68.1 Å². The van der Waals surface area contributed by atoms with Crippen molar-refractivity contribution in [2.45, 2.75) is 77.2 Å². The number of benzene rings is 2. The van der Waals surface area contributed by atoms with Gasteiger partial charge in [-0.3, -0.25) is 4.79 Å². The Kier molecular flexibility index (Phi) is 6.17. The fourth-order valence-corrected chi connectivity index (χ4v) is 6.97. The predicted octanol–water partition coefficient (Wildman–Crippen LogP) is 7.72. The second kappa shape index (κ2) is 9.41. The Balaban J connectivity index is 1.58. The summed E-state index contributed by atoms with van der Waals surface area (Å²) in [5, 5.41) is 0. The molecule has 3 aromatic rings. The fourth-order valence-electron chi connectivity index (χ4n) is 6.97. The first kappa shape index (κ1) is 24.9. The van der Waals surface area contributed by atoms with Gasteiger partial charge in [0.15, 0.2) is 5.78 Å². The zero-order valence-corrected chi connectivity index (χ0v) is 23.1. The highest BCUT2D eigenvalue weighted by atomic mass is 16.5. The van der Waals surface area contributed by atoms with Gasteiger partial charge in [0.25, 0.3) is 0 Å². The first-order chi connectivity index (χ1) is 18.4. The molecule has 2 aliphatic carbocycles. The molecule has 0 N–H and O–H groups in total. The van der Waals surface area contributed by atoms with Crippen molar-refractivity contribution in [3.8, 4) is 5.75 Å². The molecule has 1 atom stereocenters. The van der Waals surface area contributed by atoms with Gasteiger partial charge in [-0.15, -0.1) is 0 Å². The van der Waals surface area contributed by atoms with E-state index >= 15 is 0 Å². The van der Waals surface area contributed by atoms with E-state index in [-0.39, 0.29) is 11.2 Å². The maximum Gasteiger partial charge on any atom is 0.162 e. The molecular formula is C34H38N2O2. The third-order valence-corrected chi connectivity index (χ3v) is 9.09. The number of methoxy groups -OCH3 is 1. The Bertz CT molecular complexity index is 1400. The standard InChI is InChI=1S/C34H38N2O2/c1-5-34(26-12-7-11-25(19-26)24-9-6-10-24)28-13-8-18-35-32(28)36(22-23-14-16-27(38-4)17-15-23)29-20-33(2,3)21-30(37)31(29)34/h7-8,11-19,24H,5-6,9-10,20-22H2,1-4H3. The number of hydrogen-bond donors (Lipinski definition) is 0. The van der Waals surface area contributed by atoms with Crippen LogP contribution in [-0.4, -0.2) is 17.9 Å². The van der Waals surface area contributed by atoms with Gasteiger partial charge in [0.05, 0.1) is 12.5 Å². The summed E-state index contributed by atoms with van der Waals surface area (Å²) in [7, 11) is 1.69. The SMILES string of the molecule is CCC1(c2cccc(C3CCC3)c2)C2=C(CC(C)(C)CC2=O)N(Cc2ccc(OC)cc2)c2ncccc21. The number of nitrogens with zero attached hydrogens (tertiary/aromatic N) is 2. The summed E-state index contributed by atoms with van der Waals surface area (Å²) >= 11 is 0. The number of hydrogen-bond acceptors (Lipinski definition) is 4. The van der Waals surface area contributed by atoms with Crippen LogP contribution in [0.5, 0.6) is 5.75 Å². The van der Waals surface area contributed by atoms with Crippen LogP contribution in [0.4, 0.5) is 5.82 Å². The lowest BCUT2D eigenvalue weighted by molar-refractivity contribution is -0.118. The van der Waals surface area contributed by atoms with Crippen molar-refractivity contribution in [2.24, 2.45) is 5.41 Å². The highest BCUT2D eigenvalue weighted by Gasteiger charge is 2.51. The van der Waals surface area contributed by atoms with E-state index in [1.165, 1.54) is 36.0 Å². The summed E-state index contributed by atoms with van der Waals surface area (Å²) in [6, 6.07) is 21.6. The lowest BCUT2D eigenvalue weighted by atomic mass is 9.59. The lowest BCUT2D eigenvalue weighted by Crippen LogP contribution is -2.47. The zero-order valence-electron chi connectivity index (χ0n) is 23.1. The summed E-state index contributed by atoms with van der Waals surface area (Å²) in [5.74, 6) is 2.74. The highest BCUT2D eigenvalue weighted by Crippen LogP contribution is 2.56. The number of allylic oxidation sites excluding steroid dienone is 2. The molecule has 1 unspecified atom stereocenters. The van der Waals surface area contributed by atoms with Crippen LogP contribution in [0.3, 0.4) is 0 Å². The van der Waals surface area contributed by atoms with Crippen molar-refractivity contribution >= 4 is 11.6 Å².